The van der Waals surface area contributed by atoms with E-state index in [2.05, 4.69) is 29.2 Å². The molecule has 2 aromatic rings. The van der Waals surface area contributed by atoms with Gasteiger partial charge in [-0.1, -0.05) is 0 Å². The zero-order valence-electron chi connectivity index (χ0n) is 13.2. The first-order valence-electron chi connectivity index (χ1n) is 7.82. The van der Waals surface area contributed by atoms with Gasteiger partial charge in [0.05, 0.1) is 23.9 Å². The Morgan fingerprint density at radius 3 is 2.91 bits per heavy atom. The molecular weight excluding hydrogens is 280 g/mol. The zero-order valence-corrected chi connectivity index (χ0v) is 13.2. The van der Waals surface area contributed by atoms with Gasteiger partial charge >= 0.3 is 0 Å². The van der Waals surface area contributed by atoms with Crippen LogP contribution in [-0.4, -0.2) is 39.4 Å². The van der Waals surface area contributed by atoms with E-state index >= 15 is 0 Å². The Kier molecular flexibility index (Phi) is 4.11. The highest BCUT2D eigenvalue weighted by atomic mass is 16.5. The number of carbonyl (C=O) groups is 1. The highest BCUT2D eigenvalue weighted by molar-refractivity contribution is 5.97. The van der Waals surface area contributed by atoms with Crippen LogP contribution in [0.15, 0.2) is 18.5 Å². The van der Waals surface area contributed by atoms with Gasteiger partial charge in [-0.2, -0.15) is 5.10 Å². The van der Waals surface area contributed by atoms with Gasteiger partial charge in [0.25, 0.3) is 5.91 Å². The number of rotatable bonds is 4. The first-order valence-corrected chi connectivity index (χ1v) is 7.82. The molecule has 0 aromatic carbocycles. The Morgan fingerprint density at radius 1 is 1.41 bits per heavy atom. The molecule has 1 aliphatic rings. The molecule has 118 valence electrons. The summed E-state index contributed by atoms with van der Waals surface area (Å²) in [7, 11) is 0. The minimum absolute atomic E-state index is 0.00378. The number of fused-ring (bicyclic) bond motifs is 1. The summed E-state index contributed by atoms with van der Waals surface area (Å²) < 4.78 is 7.46. The van der Waals surface area contributed by atoms with Crippen molar-refractivity contribution in [3.05, 3.63) is 24.0 Å². The first kappa shape index (κ1) is 15.0. The second-order valence-electron chi connectivity index (χ2n) is 6.13. The lowest BCUT2D eigenvalue weighted by Crippen LogP contribution is -2.40. The number of pyridine rings is 1. The van der Waals surface area contributed by atoms with E-state index in [0.717, 1.165) is 30.5 Å². The largest absolute Gasteiger partial charge is 0.376 e. The van der Waals surface area contributed by atoms with E-state index in [1.807, 2.05) is 17.7 Å². The van der Waals surface area contributed by atoms with E-state index in [1.165, 1.54) is 0 Å². The van der Waals surface area contributed by atoms with E-state index in [-0.39, 0.29) is 24.1 Å². The van der Waals surface area contributed by atoms with E-state index in [1.54, 1.807) is 12.4 Å². The summed E-state index contributed by atoms with van der Waals surface area (Å²) in [4.78, 5) is 16.8. The van der Waals surface area contributed by atoms with Gasteiger partial charge in [0.1, 0.15) is 0 Å². The zero-order chi connectivity index (χ0) is 15.7. The monoisotopic (exact) mass is 302 g/mol. The number of amides is 1. The number of hydrogen-bond acceptors (Lipinski definition) is 4. The van der Waals surface area contributed by atoms with Crippen LogP contribution in [0, 0.1) is 0 Å². The van der Waals surface area contributed by atoms with Gasteiger partial charge in [0.15, 0.2) is 5.65 Å². The number of ether oxygens (including phenoxy) is 1. The maximum Gasteiger partial charge on any atom is 0.253 e. The molecule has 0 spiro atoms. The predicted octanol–water partition coefficient (Wildman–Crippen LogP) is 2.31. The molecule has 1 N–H and O–H groups in total. The Labute approximate surface area is 129 Å². The molecule has 6 nitrogen and oxygen atoms in total. The standard InChI is InChI=1S/C16H22N4O2/c1-10(2)20-15-12(9-18-20)7-13(8-17-15)16(21)19-11(3)14-5-4-6-22-14/h7-11,14H,4-6H2,1-3H3,(H,19,21)/t11-,14+/m0/s1. The second-order valence-corrected chi connectivity index (χ2v) is 6.13. The molecule has 1 saturated heterocycles. The summed E-state index contributed by atoms with van der Waals surface area (Å²) in [5.74, 6) is -0.116. The van der Waals surface area contributed by atoms with Crippen LogP contribution in [0.3, 0.4) is 0 Å². The number of nitrogens with zero attached hydrogens (tertiary/aromatic N) is 3. The SMILES string of the molecule is CC(C)n1ncc2cc(C(=O)N[C@@H](C)[C@H]3CCCO3)cnc21. The van der Waals surface area contributed by atoms with Crippen LogP contribution in [0.5, 0.6) is 0 Å². The fourth-order valence-electron chi connectivity index (χ4n) is 2.82. The van der Waals surface area contributed by atoms with Crippen LogP contribution in [0.2, 0.25) is 0 Å². The van der Waals surface area contributed by atoms with E-state index < -0.39 is 0 Å². The molecule has 3 rings (SSSR count). The second kappa shape index (κ2) is 6.04. The van der Waals surface area contributed by atoms with Gasteiger partial charge in [-0.25, -0.2) is 9.67 Å². The van der Waals surface area contributed by atoms with Crippen molar-refractivity contribution in [2.24, 2.45) is 0 Å². The molecule has 2 atom stereocenters. The van der Waals surface area contributed by atoms with Crippen molar-refractivity contribution in [3.8, 4) is 0 Å². The highest BCUT2D eigenvalue weighted by Gasteiger charge is 2.24. The minimum Gasteiger partial charge on any atom is -0.376 e. The van der Waals surface area contributed by atoms with Crippen LogP contribution in [-0.2, 0) is 4.74 Å². The minimum atomic E-state index is -0.116. The molecule has 0 radical (unpaired) electrons. The van der Waals surface area contributed by atoms with Gasteiger partial charge in [-0.05, 0) is 39.7 Å². The molecule has 0 bridgehead atoms. The summed E-state index contributed by atoms with van der Waals surface area (Å²) in [6.07, 6.45) is 5.54. The normalized spacial score (nSPS) is 19.7. The van der Waals surface area contributed by atoms with Gasteiger partial charge in [-0.3, -0.25) is 4.79 Å². The average Bonchev–Trinajstić information content (AvgIpc) is 3.15. The third-order valence-electron chi connectivity index (χ3n) is 4.07. The summed E-state index contributed by atoms with van der Waals surface area (Å²) in [6.45, 7) is 6.87. The Hall–Kier alpha value is -1.95. The van der Waals surface area contributed by atoms with Crippen LogP contribution in [0.1, 0.15) is 50.0 Å². The highest BCUT2D eigenvalue weighted by Crippen LogP contribution is 2.18. The van der Waals surface area contributed by atoms with Crippen LogP contribution < -0.4 is 5.32 Å². The average molecular weight is 302 g/mol. The molecule has 2 aromatic heterocycles. The van der Waals surface area contributed by atoms with Crippen LogP contribution in [0.4, 0.5) is 0 Å². The maximum atomic E-state index is 12.4. The molecule has 1 aliphatic heterocycles. The van der Waals surface area contributed by atoms with Gasteiger partial charge in [0.2, 0.25) is 0 Å². The summed E-state index contributed by atoms with van der Waals surface area (Å²) >= 11 is 0. The van der Waals surface area contributed by atoms with Gasteiger partial charge in [0, 0.05) is 24.2 Å². The van der Waals surface area contributed by atoms with E-state index in [9.17, 15) is 4.79 Å². The summed E-state index contributed by atoms with van der Waals surface area (Å²) in [6, 6.07) is 2.08. The topological polar surface area (TPSA) is 69.0 Å². The fourth-order valence-corrected chi connectivity index (χ4v) is 2.82. The number of hydrogen-bond donors (Lipinski definition) is 1. The predicted molar refractivity (Wildman–Crippen MR) is 83.8 cm³/mol. The summed E-state index contributed by atoms with van der Waals surface area (Å²) in [5, 5.41) is 8.20. The molecular formula is C16H22N4O2. The Morgan fingerprint density at radius 2 is 2.23 bits per heavy atom. The number of carbonyl (C=O) groups excluding carboxylic acids is 1. The molecule has 1 amide bonds. The lowest BCUT2D eigenvalue weighted by atomic mass is 10.1. The maximum absolute atomic E-state index is 12.4. The van der Waals surface area contributed by atoms with E-state index in [4.69, 9.17) is 4.74 Å². The van der Waals surface area contributed by atoms with Crippen molar-refractivity contribution in [1.29, 1.82) is 0 Å². The molecule has 6 heteroatoms. The fraction of sp³-hybridized carbons (Fsp3) is 0.562. The van der Waals surface area contributed by atoms with Crippen molar-refractivity contribution in [1.82, 2.24) is 20.1 Å². The summed E-state index contributed by atoms with van der Waals surface area (Å²) in [5.41, 5.74) is 1.36. The Balaban J connectivity index is 1.76. The third-order valence-corrected chi connectivity index (χ3v) is 4.07. The first-order chi connectivity index (χ1) is 10.6. The van der Waals surface area contributed by atoms with Crippen molar-refractivity contribution >= 4 is 16.9 Å². The smallest absolute Gasteiger partial charge is 0.253 e. The van der Waals surface area contributed by atoms with Crippen molar-refractivity contribution < 1.29 is 9.53 Å². The molecule has 0 unspecified atom stereocenters. The van der Waals surface area contributed by atoms with Crippen LogP contribution >= 0.6 is 0 Å². The molecule has 0 aliphatic carbocycles. The quantitative estimate of drug-likeness (QED) is 0.941. The van der Waals surface area contributed by atoms with Gasteiger partial charge < -0.3 is 10.1 Å². The lowest BCUT2D eigenvalue weighted by Gasteiger charge is -2.19. The molecule has 0 saturated carbocycles. The molecule has 1 fully saturated rings. The van der Waals surface area contributed by atoms with Crippen LogP contribution in [0.25, 0.3) is 11.0 Å². The van der Waals surface area contributed by atoms with Gasteiger partial charge in [-0.15, -0.1) is 0 Å². The molecule has 22 heavy (non-hydrogen) atoms. The number of nitrogens with one attached hydrogen (secondary N) is 1. The molecule has 3 heterocycles. The Bertz CT molecular complexity index is 674. The van der Waals surface area contributed by atoms with E-state index in [0.29, 0.717) is 5.56 Å². The third kappa shape index (κ3) is 2.83. The van der Waals surface area contributed by atoms with Crippen molar-refractivity contribution in [2.45, 2.75) is 51.8 Å². The lowest BCUT2D eigenvalue weighted by molar-refractivity contribution is 0.0712. The number of aromatic nitrogens is 3. The van der Waals surface area contributed by atoms with Crippen molar-refractivity contribution in [2.75, 3.05) is 6.61 Å². The van der Waals surface area contributed by atoms with Crippen molar-refractivity contribution in [3.63, 3.8) is 0 Å².